The fourth-order valence-electron chi connectivity index (χ4n) is 3.71. The van der Waals surface area contributed by atoms with Crippen molar-refractivity contribution in [2.45, 2.75) is 25.7 Å². The minimum absolute atomic E-state index is 0.0256. The van der Waals surface area contributed by atoms with Crippen molar-refractivity contribution in [3.8, 4) is 17.2 Å². The lowest BCUT2D eigenvalue weighted by atomic mass is 9.95. The second-order valence-electron chi connectivity index (χ2n) is 7.62. The Morgan fingerprint density at radius 3 is 2.58 bits per heavy atom. The molecule has 8 heteroatoms. The molecule has 2 aliphatic heterocycles. The zero-order valence-corrected chi connectivity index (χ0v) is 17.9. The van der Waals surface area contributed by atoms with Gasteiger partial charge >= 0.3 is 0 Å². The van der Waals surface area contributed by atoms with Gasteiger partial charge in [-0.2, -0.15) is 0 Å². The van der Waals surface area contributed by atoms with Crippen LogP contribution in [0.5, 0.6) is 17.2 Å². The predicted octanol–water partition coefficient (Wildman–Crippen LogP) is 4.11. The molecule has 2 heterocycles. The van der Waals surface area contributed by atoms with E-state index in [-0.39, 0.29) is 24.5 Å². The maximum absolute atomic E-state index is 12.6. The maximum Gasteiger partial charge on any atom is 0.231 e. The lowest BCUT2D eigenvalue weighted by molar-refractivity contribution is -0.134. The number of nitrogens with zero attached hydrogens (tertiary/aromatic N) is 1. The van der Waals surface area contributed by atoms with Gasteiger partial charge in [0.1, 0.15) is 5.75 Å². The summed E-state index contributed by atoms with van der Waals surface area (Å²) in [7, 11) is 0. The Bertz CT molecular complexity index is 926. The van der Waals surface area contributed by atoms with Crippen LogP contribution in [-0.4, -0.2) is 43.2 Å². The van der Waals surface area contributed by atoms with E-state index in [4.69, 9.17) is 25.8 Å². The summed E-state index contributed by atoms with van der Waals surface area (Å²) in [5, 5.41) is 3.61. The fourth-order valence-corrected chi connectivity index (χ4v) is 3.84. The van der Waals surface area contributed by atoms with Gasteiger partial charge in [0.15, 0.2) is 11.5 Å². The minimum Gasteiger partial charge on any atom is -0.494 e. The van der Waals surface area contributed by atoms with Crippen LogP contribution >= 0.6 is 11.6 Å². The molecule has 0 aliphatic carbocycles. The number of amides is 2. The minimum atomic E-state index is -0.109. The number of benzene rings is 2. The molecule has 0 unspecified atom stereocenters. The number of piperidine rings is 1. The third-order valence-corrected chi connectivity index (χ3v) is 5.73. The van der Waals surface area contributed by atoms with Crippen molar-refractivity contribution in [2.75, 3.05) is 31.8 Å². The molecule has 7 nitrogen and oxygen atoms in total. The largest absolute Gasteiger partial charge is 0.494 e. The highest BCUT2D eigenvalue weighted by molar-refractivity contribution is 6.30. The SMILES string of the molecule is O=C(Nc1ccc2c(c1)OCO2)C1CCN(C(=O)CCCOc2ccc(Cl)cc2)CC1. The van der Waals surface area contributed by atoms with Crippen LogP contribution in [0, 0.1) is 5.92 Å². The zero-order chi connectivity index (χ0) is 21.6. The van der Waals surface area contributed by atoms with Gasteiger partial charge in [0.05, 0.1) is 6.61 Å². The first kappa shape index (κ1) is 21.3. The Labute approximate surface area is 186 Å². The number of carbonyl (C=O) groups is 2. The van der Waals surface area contributed by atoms with Crippen LogP contribution in [0.4, 0.5) is 5.69 Å². The third-order valence-electron chi connectivity index (χ3n) is 5.48. The number of rotatable bonds is 7. The van der Waals surface area contributed by atoms with Gasteiger partial charge in [0, 0.05) is 42.2 Å². The molecule has 2 aliphatic rings. The van der Waals surface area contributed by atoms with Crippen molar-refractivity contribution >= 4 is 29.1 Å². The van der Waals surface area contributed by atoms with Crippen LogP contribution in [0.15, 0.2) is 42.5 Å². The second-order valence-corrected chi connectivity index (χ2v) is 8.05. The van der Waals surface area contributed by atoms with Gasteiger partial charge < -0.3 is 24.4 Å². The first-order valence-corrected chi connectivity index (χ1v) is 10.8. The topological polar surface area (TPSA) is 77.1 Å². The monoisotopic (exact) mass is 444 g/mol. The molecule has 0 atom stereocenters. The summed E-state index contributed by atoms with van der Waals surface area (Å²) < 4.78 is 16.3. The molecule has 1 saturated heterocycles. The average molecular weight is 445 g/mol. The van der Waals surface area contributed by atoms with Crippen molar-refractivity contribution < 1.29 is 23.8 Å². The number of fused-ring (bicyclic) bond motifs is 1. The van der Waals surface area contributed by atoms with E-state index < -0.39 is 0 Å². The summed E-state index contributed by atoms with van der Waals surface area (Å²) in [4.78, 5) is 26.9. The number of likely N-dealkylation sites (tertiary alicyclic amines) is 1. The summed E-state index contributed by atoms with van der Waals surface area (Å²) in [6, 6.07) is 12.5. The van der Waals surface area contributed by atoms with E-state index >= 15 is 0 Å². The summed E-state index contributed by atoms with van der Waals surface area (Å²) >= 11 is 5.85. The number of hydrogen-bond acceptors (Lipinski definition) is 5. The number of carbonyl (C=O) groups excluding carboxylic acids is 2. The van der Waals surface area contributed by atoms with E-state index in [0.29, 0.717) is 67.6 Å². The molecule has 1 fully saturated rings. The normalized spacial score (nSPS) is 15.6. The number of nitrogens with one attached hydrogen (secondary N) is 1. The Morgan fingerprint density at radius 2 is 1.81 bits per heavy atom. The molecule has 0 bridgehead atoms. The summed E-state index contributed by atoms with van der Waals surface area (Å²) in [5.74, 6) is 2.03. The lowest BCUT2D eigenvalue weighted by Crippen LogP contribution is -2.41. The van der Waals surface area contributed by atoms with Gasteiger partial charge in [-0.3, -0.25) is 9.59 Å². The van der Waals surface area contributed by atoms with Crippen molar-refractivity contribution in [3.05, 3.63) is 47.5 Å². The van der Waals surface area contributed by atoms with Crippen molar-refractivity contribution in [2.24, 2.45) is 5.92 Å². The molecule has 0 radical (unpaired) electrons. The van der Waals surface area contributed by atoms with Crippen molar-refractivity contribution in [3.63, 3.8) is 0 Å². The van der Waals surface area contributed by atoms with E-state index in [1.54, 1.807) is 30.3 Å². The molecular formula is C23H25ClN2O5. The Hall–Kier alpha value is -2.93. The van der Waals surface area contributed by atoms with Crippen LogP contribution in [0.3, 0.4) is 0 Å². The van der Waals surface area contributed by atoms with Gasteiger partial charge in [-0.25, -0.2) is 0 Å². The van der Waals surface area contributed by atoms with Gasteiger partial charge in [-0.15, -0.1) is 0 Å². The van der Waals surface area contributed by atoms with Gasteiger partial charge in [-0.1, -0.05) is 11.6 Å². The van der Waals surface area contributed by atoms with Gasteiger partial charge in [0.25, 0.3) is 0 Å². The highest BCUT2D eigenvalue weighted by Gasteiger charge is 2.27. The van der Waals surface area contributed by atoms with Crippen LogP contribution in [0.25, 0.3) is 0 Å². The highest BCUT2D eigenvalue weighted by atomic mass is 35.5. The first-order chi connectivity index (χ1) is 15.1. The van der Waals surface area contributed by atoms with E-state index in [9.17, 15) is 9.59 Å². The maximum atomic E-state index is 12.6. The van der Waals surface area contributed by atoms with E-state index in [2.05, 4.69) is 5.32 Å². The second kappa shape index (κ2) is 9.92. The molecule has 0 saturated carbocycles. The number of halogens is 1. The summed E-state index contributed by atoms with van der Waals surface area (Å²) in [5.41, 5.74) is 0.688. The molecule has 164 valence electrons. The van der Waals surface area contributed by atoms with Crippen molar-refractivity contribution in [1.29, 1.82) is 0 Å². The quantitative estimate of drug-likeness (QED) is 0.650. The van der Waals surface area contributed by atoms with E-state index in [0.717, 1.165) is 5.75 Å². The van der Waals surface area contributed by atoms with Crippen LogP contribution in [0.2, 0.25) is 5.02 Å². The standard InChI is InChI=1S/C23H25ClN2O5/c24-17-3-6-19(7-4-17)29-13-1-2-22(27)26-11-9-16(10-12-26)23(28)25-18-5-8-20-21(14-18)31-15-30-20/h3-8,14,16H,1-2,9-13,15H2,(H,25,28). The first-order valence-electron chi connectivity index (χ1n) is 10.4. The predicted molar refractivity (Wildman–Crippen MR) is 117 cm³/mol. The van der Waals surface area contributed by atoms with Crippen LogP contribution in [-0.2, 0) is 9.59 Å². The lowest BCUT2D eigenvalue weighted by Gasteiger charge is -2.31. The number of hydrogen-bond donors (Lipinski definition) is 1. The summed E-state index contributed by atoms with van der Waals surface area (Å²) in [6.07, 6.45) is 2.39. The molecule has 31 heavy (non-hydrogen) atoms. The molecule has 0 spiro atoms. The highest BCUT2D eigenvalue weighted by Crippen LogP contribution is 2.34. The molecule has 2 aromatic rings. The van der Waals surface area contributed by atoms with Crippen LogP contribution < -0.4 is 19.5 Å². The summed E-state index contributed by atoms with van der Waals surface area (Å²) in [6.45, 7) is 1.86. The Morgan fingerprint density at radius 1 is 1.06 bits per heavy atom. The molecule has 0 aromatic heterocycles. The molecule has 1 N–H and O–H groups in total. The van der Waals surface area contributed by atoms with Gasteiger partial charge in [0.2, 0.25) is 18.6 Å². The number of ether oxygens (including phenoxy) is 3. The molecule has 4 rings (SSSR count). The van der Waals surface area contributed by atoms with E-state index in [1.165, 1.54) is 0 Å². The van der Waals surface area contributed by atoms with Gasteiger partial charge in [-0.05, 0) is 55.7 Å². The molecule has 2 aromatic carbocycles. The average Bonchev–Trinajstić information content (AvgIpc) is 3.26. The van der Waals surface area contributed by atoms with Crippen LogP contribution in [0.1, 0.15) is 25.7 Å². The van der Waals surface area contributed by atoms with Crippen molar-refractivity contribution in [1.82, 2.24) is 4.90 Å². The zero-order valence-electron chi connectivity index (χ0n) is 17.1. The fraction of sp³-hybridized carbons (Fsp3) is 0.391. The Kier molecular flexibility index (Phi) is 6.82. The third kappa shape index (κ3) is 5.61. The number of anilines is 1. The molecular weight excluding hydrogens is 420 g/mol. The Balaban J connectivity index is 1.16. The van der Waals surface area contributed by atoms with E-state index in [1.807, 2.05) is 17.0 Å². The smallest absolute Gasteiger partial charge is 0.231 e. The molecule has 2 amide bonds.